The molecular weight excluding hydrogens is 238 g/mol. The van der Waals surface area contributed by atoms with Gasteiger partial charge in [0.05, 0.1) is 11.5 Å². The molecule has 0 aromatic carbocycles. The Morgan fingerprint density at radius 2 is 2.37 bits per heavy atom. The van der Waals surface area contributed by atoms with E-state index in [4.69, 9.17) is 4.74 Å². The van der Waals surface area contributed by atoms with Crippen LogP contribution in [0.4, 0.5) is 0 Å². The van der Waals surface area contributed by atoms with Crippen LogP contribution < -0.4 is 0 Å². The van der Waals surface area contributed by atoms with E-state index < -0.39 is 6.10 Å². The third kappa shape index (κ3) is 1.39. The van der Waals surface area contributed by atoms with Gasteiger partial charge in [-0.25, -0.2) is 0 Å². The molecule has 4 rings (SSSR count). The van der Waals surface area contributed by atoms with Crippen LogP contribution in [0.25, 0.3) is 0 Å². The van der Waals surface area contributed by atoms with Gasteiger partial charge in [0.15, 0.2) is 0 Å². The van der Waals surface area contributed by atoms with Crippen molar-refractivity contribution >= 4 is 6.21 Å². The summed E-state index contributed by atoms with van der Waals surface area (Å²) < 4.78 is 6.03. The Labute approximate surface area is 112 Å². The van der Waals surface area contributed by atoms with Crippen molar-refractivity contribution in [1.29, 1.82) is 0 Å². The van der Waals surface area contributed by atoms with Crippen LogP contribution in [0.5, 0.6) is 0 Å². The SMILES string of the molecule is CC1=CC23CC=CC=C2OC2=C3C(=CC(O)C2)C=N1. The molecule has 0 aromatic rings. The lowest BCUT2D eigenvalue weighted by Crippen LogP contribution is -2.24. The fourth-order valence-electron chi connectivity index (χ4n) is 3.42. The van der Waals surface area contributed by atoms with Crippen molar-refractivity contribution in [3.8, 4) is 0 Å². The van der Waals surface area contributed by atoms with Crippen LogP contribution >= 0.6 is 0 Å². The minimum Gasteiger partial charge on any atom is -0.464 e. The summed E-state index contributed by atoms with van der Waals surface area (Å²) in [5.41, 5.74) is 2.97. The number of ether oxygens (including phenoxy) is 1. The molecule has 0 saturated heterocycles. The molecule has 1 spiro atoms. The highest BCUT2D eigenvalue weighted by atomic mass is 16.5. The molecule has 3 heteroatoms. The normalized spacial score (nSPS) is 34.8. The highest BCUT2D eigenvalue weighted by Crippen LogP contribution is 2.56. The van der Waals surface area contributed by atoms with Gasteiger partial charge in [-0.15, -0.1) is 0 Å². The lowest BCUT2D eigenvalue weighted by Gasteiger charge is -2.29. The monoisotopic (exact) mass is 253 g/mol. The molecule has 0 amide bonds. The average Bonchev–Trinajstić information content (AvgIpc) is 2.61. The van der Waals surface area contributed by atoms with Crippen LogP contribution in [0.1, 0.15) is 19.8 Å². The van der Waals surface area contributed by atoms with Crippen LogP contribution in [0, 0.1) is 5.41 Å². The first-order valence-corrected chi connectivity index (χ1v) is 6.62. The molecule has 0 radical (unpaired) electrons. The predicted molar refractivity (Wildman–Crippen MR) is 73.3 cm³/mol. The summed E-state index contributed by atoms with van der Waals surface area (Å²) in [7, 11) is 0. The van der Waals surface area contributed by atoms with E-state index in [0.717, 1.165) is 29.2 Å². The first kappa shape index (κ1) is 11.0. The van der Waals surface area contributed by atoms with Crippen molar-refractivity contribution in [1.82, 2.24) is 0 Å². The molecule has 2 atom stereocenters. The van der Waals surface area contributed by atoms with E-state index in [1.54, 1.807) is 0 Å². The number of allylic oxidation sites excluding steroid dienone is 6. The van der Waals surface area contributed by atoms with E-state index in [0.29, 0.717) is 6.42 Å². The van der Waals surface area contributed by atoms with Crippen LogP contribution in [0.3, 0.4) is 0 Å². The second-order valence-electron chi connectivity index (χ2n) is 5.47. The molecule has 0 fully saturated rings. The second kappa shape index (κ2) is 3.58. The van der Waals surface area contributed by atoms with Gasteiger partial charge in [0, 0.05) is 23.9 Å². The number of aliphatic imine (C=N–C) groups is 1. The van der Waals surface area contributed by atoms with E-state index in [9.17, 15) is 5.11 Å². The van der Waals surface area contributed by atoms with Crippen molar-refractivity contribution in [2.24, 2.45) is 10.4 Å². The Hall–Kier alpha value is -1.87. The van der Waals surface area contributed by atoms with E-state index in [2.05, 4.69) is 17.1 Å². The molecule has 96 valence electrons. The van der Waals surface area contributed by atoms with Gasteiger partial charge < -0.3 is 9.84 Å². The number of rotatable bonds is 0. The molecule has 0 saturated carbocycles. The average molecular weight is 253 g/mol. The molecule has 2 aliphatic heterocycles. The topological polar surface area (TPSA) is 41.8 Å². The van der Waals surface area contributed by atoms with Crippen molar-refractivity contribution in [3.05, 3.63) is 58.7 Å². The maximum Gasteiger partial charge on any atom is 0.118 e. The molecule has 2 aliphatic carbocycles. The molecule has 0 aromatic heterocycles. The van der Waals surface area contributed by atoms with Crippen LogP contribution in [0.15, 0.2) is 63.7 Å². The highest BCUT2D eigenvalue weighted by molar-refractivity contribution is 5.89. The van der Waals surface area contributed by atoms with Crippen molar-refractivity contribution < 1.29 is 9.84 Å². The summed E-state index contributed by atoms with van der Waals surface area (Å²) in [6, 6.07) is 0. The minimum atomic E-state index is -0.482. The van der Waals surface area contributed by atoms with Gasteiger partial charge in [0.1, 0.15) is 11.5 Å². The maximum absolute atomic E-state index is 9.95. The van der Waals surface area contributed by atoms with Gasteiger partial charge in [-0.2, -0.15) is 0 Å². The Kier molecular flexibility index (Phi) is 2.07. The fourth-order valence-corrected chi connectivity index (χ4v) is 3.42. The summed E-state index contributed by atoms with van der Waals surface area (Å²) in [4.78, 5) is 4.46. The van der Waals surface area contributed by atoms with Gasteiger partial charge in [0.2, 0.25) is 0 Å². The van der Waals surface area contributed by atoms with Gasteiger partial charge >= 0.3 is 0 Å². The lowest BCUT2D eigenvalue weighted by atomic mass is 9.70. The number of hydrogen-bond donors (Lipinski definition) is 1. The lowest BCUT2D eigenvalue weighted by molar-refractivity contribution is 0.188. The highest BCUT2D eigenvalue weighted by Gasteiger charge is 2.49. The van der Waals surface area contributed by atoms with Crippen LogP contribution in [-0.4, -0.2) is 17.4 Å². The maximum atomic E-state index is 9.95. The second-order valence-corrected chi connectivity index (χ2v) is 5.47. The smallest absolute Gasteiger partial charge is 0.118 e. The van der Waals surface area contributed by atoms with Crippen molar-refractivity contribution in [2.45, 2.75) is 25.9 Å². The molecular formula is C16H15NO2. The predicted octanol–water partition coefficient (Wildman–Crippen LogP) is 2.78. The van der Waals surface area contributed by atoms with Gasteiger partial charge in [-0.3, -0.25) is 4.99 Å². The van der Waals surface area contributed by atoms with Crippen molar-refractivity contribution in [2.75, 3.05) is 0 Å². The Morgan fingerprint density at radius 1 is 1.47 bits per heavy atom. The van der Waals surface area contributed by atoms with Crippen LogP contribution in [0.2, 0.25) is 0 Å². The van der Waals surface area contributed by atoms with Crippen molar-refractivity contribution in [3.63, 3.8) is 0 Å². The quantitative estimate of drug-likeness (QED) is 0.721. The molecule has 1 N–H and O–H groups in total. The van der Waals surface area contributed by atoms with E-state index >= 15 is 0 Å². The van der Waals surface area contributed by atoms with Gasteiger partial charge in [-0.1, -0.05) is 12.2 Å². The summed E-state index contributed by atoms with van der Waals surface area (Å²) in [6.07, 6.45) is 13.1. The number of aliphatic hydroxyl groups excluding tert-OH is 1. The largest absolute Gasteiger partial charge is 0.464 e. The third-order valence-electron chi connectivity index (χ3n) is 4.14. The summed E-state index contributed by atoms with van der Waals surface area (Å²) in [5.74, 6) is 1.86. The number of hydrogen-bond acceptors (Lipinski definition) is 3. The molecule has 19 heavy (non-hydrogen) atoms. The molecule has 2 heterocycles. The summed E-state index contributed by atoms with van der Waals surface area (Å²) >= 11 is 0. The van der Waals surface area contributed by atoms with Crippen LogP contribution in [-0.2, 0) is 4.74 Å². The minimum absolute atomic E-state index is 0.212. The molecule has 3 nitrogen and oxygen atoms in total. The molecule has 0 bridgehead atoms. The first-order valence-electron chi connectivity index (χ1n) is 6.62. The Morgan fingerprint density at radius 3 is 3.26 bits per heavy atom. The number of aliphatic hydroxyl groups is 1. The first-order chi connectivity index (χ1) is 9.19. The van der Waals surface area contributed by atoms with Gasteiger partial charge in [0.25, 0.3) is 0 Å². The third-order valence-corrected chi connectivity index (χ3v) is 4.14. The zero-order chi connectivity index (χ0) is 13.0. The van der Waals surface area contributed by atoms with E-state index in [1.807, 2.05) is 31.4 Å². The standard InChI is InChI=1S/C16H15NO2/c1-10-8-16-5-3-2-4-14(16)19-13-7-12(18)6-11(9-17-10)15(13)16/h2-4,6,8-9,12,18H,5,7H2,1H3. The number of nitrogens with zero attached hydrogens (tertiary/aromatic N) is 1. The summed E-state index contributed by atoms with van der Waals surface area (Å²) in [6.45, 7) is 2.01. The Balaban J connectivity index is 1.99. The van der Waals surface area contributed by atoms with Gasteiger partial charge in [-0.05, 0) is 37.1 Å². The zero-order valence-electron chi connectivity index (χ0n) is 10.8. The Bertz CT molecular complexity index is 646. The summed E-state index contributed by atoms with van der Waals surface area (Å²) in [5, 5.41) is 9.95. The van der Waals surface area contributed by atoms with E-state index in [-0.39, 0.29) is 5.41 Å². The van der Waals surface area contributed by atoms with E-state index in [1.165, 1.54) is 5.57 Å². The zero-order valence-corrected chi connectivity index (χ0v) is 10.8. The fraction of sp³-hybridized carbons (Fsp3) is 0.312. The molecule has 4 aliphatic rings. The molecule has 2 unspecified atom stereocenters.